The average Bonchev–Trinajstić information content (AvgIpc) is 2.77. The molecule has 1 nitrogen and oxygen atoms in total. The maximum Gasteiger partial charge on any atom is 0.416 e. The summed E-state index contributed by atoms with van der Waals surface area (Å²) in [6.45, 7) is 0. The predicted octanol–water partition coefficient (Wildman–Crippen LogP) is 3.53. The highest BCUT2D eigenvalue weighted by Gasteiger charge is 2.30. The number of halogens is 3. The van der Waals surface area contributed by atoms with Crippen LogP contribution in [-0.4, -0.2) is 14.1 Å². The SMILES string of the molecule is C[N+](C)=c1scc(-c2ccc(C(F)(F)F)cc2)s1. The monoisotopic (exact) mass is 290 g/mol. The van der Waals surface area contributed by atoms with Gasteiger partial charge in [0.25, 0.3) is 0 Å². The molecule has 0 aliphatic carbocycles. The van der Waals surface area contributed by atoms with Crippen molar-refractivity contribution in [3.05, 3.63) is 39.2 Å². The third kappa shape index (κ3) is 2.81. The van der Waals surface area contributed by atoms with Crippen molar-refractivity contribution < 1.29 is 13.2 Å². The Bertz CT molecular complexity index is 601. The molecule has 0 aliphatic heterocycles. The highest BCUT2D eigenvalue weighted by Crippen LogP contribution is 2.31. The summed E-state index contributed by atoms with van der Waals surface area (Å²) in [7, 11) is 3.89. The van der Waals surface area contributed by atoms with E-state index < -0.39 is 11.7 Å². The molecule has 0 amide bonds. The average molecular weight is 290 g/mol. The minimum absolute atomic E-state index is 0.612. The molecule has 0 unspecified atom stereocenters. The van der Waals surface area contributed by atoms with Crippen LogP contribution in [-0.2, 0) is 6.18 Å². The van der Waals surface area contributed by atoms with E-state index in [-0.39, 0.29) is 0 Å². The largest absolute Gasteiger partial charge is 0.416 e. The molecule has 0 N–H and O–H groups in total. The van der Waals surface area contributed by atoms with Gasteiger partial charge in [-0.05, 0) is 17.7 Å². The third-order valence-corrected chi connectivity index (χ3v) is 5.05. The number of benzene rings is 1. The van der Waals surface area contributed by atoms with E-state index in [0.29, 0.717) is 0 Å². The molecule has 0 bridgehead atoms. The molecule has 1 heterocycles. The lowest BCUT2D eigenvalue weighted by atomic mass is 10.1. The maximum absolute atomic E-state index is 12.4. The quantitative estimate of drug-likeness (QED) is 0.707. The summed E-state index contributed by atoms with van der Waals surface area (Å²) in [5, 5.41) is 1.96. The Balaban J connectivity index is 2.38. The molecule has 0 atom stereocenters. The Morgan fingerprint density at radius 3 is 2.11 bits per heavy atom. The van der Waals surface area contributed by atoms with Crippen LogP contribution in [0.2, 0.25) is 0 Å². The molecule has 0 radical (unpaired) electrons. The summed E-state index contributed by atoms with van der Waals surface area (Å²) < 4.78 is 40.4. The topological polar surface area (TPSA) is 3.01 Å². The van der Waals surface area contributed by atoms with Crippen molar-refractivity contribution >= 4 is 22.7 Å². The Kier molecular flexibility index (Phi) is 3.59. The van der Waals surface area contributed by atoms with E-state index in [1.807, 2.05) is 24.1 Å². The van der Waals surface area contributed by atoms with E-state index in [4.69, 9.17) is 0 Å². The van der Waals surface area contributed by atoms with Crippen LogP contribution in [0.25, 0.3) is 10.4 Å². The molecule has 0 fully saturated rings. The standard InChI is InChI=1S/C12H11F3NS2/c1-16(2)11-17-7-10(18-11)8-3-5-9(6-4-8)12(13,14)15/h3-7H,1-2H3/q+1. The van der Waals surface area contributed by atoms with Crippen LogP contribution < -0.4 is 8.56 Å². The van der Waals surface area contributed by atoms with Gasteiger partial charge in [-0.15, -0.1) is 0 Å². The number of rotatable bonds is 1. The number of hydrogen-bond acceptors (Lipinski definition) is 2. The molecule has 1 aromatic heterocycles. The minimum atomic E-state index is -4.27. The minimum Gasteiger partial charge on any atom is -0.217 e. The molecule has 96 valence electrons. The van der Waals surface area contributed by atoms with Crippen molar-refractivity contribution in [1.29, 1.82) is 0 Å². The Morgan fingerprint density at radius 2 is 1.67 bits per heavy atom. The predicted molar refractivity (Wildman–Crippen MR) is 69.8 cm³/mol. The zero-order valence-electron chi connectivity index (χ0n) is 9.78. The second-order valence-corrected chi connectivity index (χ2v) is 6.08. The van der Waals surface area contributed by atoms with E-state index >= 15 is 0 Å². The molecule has 0 saturated carbocycles. The molecule has 1 aromatic carbocycles. The molecule has 0 saturated heterocycles. The summed E-state index contributed by atoms with van der Waals surface area (Å²) in [5.41, 5.74) is 0.205. The molecule has 0 spiro atoms. The highest BCUT2D eigenvalue weighted by atomic mass is 32.2. The van der Waals surface area contributed by atoms with E-state index in [1.165, 1.54) is 12.1 Å². The van der Waals surface area contributed by atoms with Crippen LogP contribution in [0.1, 0.15) is 5.56 Å². The van der Waals surface area contributed by atoms with Crippen molar-refractivity contribution in [2.75, 3.05) is 14.1 Å². The summed E-state index contributed by atoms with van der Waals surface area (Å²) in [5.74, 6) is 0. The van der Waals surface area contributed by atoms with Gasteiger partial charge in [-0.25, -0.2) is 4.58 Å². The van der Waals surface area contributed by atoms with Crippen molar-refractivity contribution in [2.24, 2.45) is 0 Å². The second-order valence-electron chi connectivity index (χ2n) is 3.94. The van der Waals surface area contributed by atoms with Crippen molar-refractivity contribution in [1.82, 2.24) is 4.58 Å². The van der Waals surface area contributed by atoms with Gasteiger partial charge < -0.3 is 0 Å². The fourth-order valence-electron chi connectivity index (χ4n) is 1.39. The van der Waals surface area contributed by atoms with E-state index in [2.05, 4.69) is 0 Å². The first-order valence-electron chi connectivity index (χ1n) is 5.14. The smallest absolute Gasteiger partial charge is 0.217 e. The van der Waals surface area contributed by atoms with Crippen LogP contribution in [0.15, 0.2) is 29.6 Å². The van der Waals surface area contributed by atoms with Crippen molar-refractivity contribution in [2.45, 2.75) is 6.18 Å². The van der Waals surface area contributed by atoms with Crippen LogP contribution in [0.5, 0.6) is 0 Å². The van der Waals surface area contributed by atoms with Gasteiger partial charge in [0, 0.05) is 5.38 Å². The van der Waals surface area contributed by atoms with Gasteiger partial charge in [-0.2, -0.15) is 13.2 Å². The number of alkyl halides is 3. The third-order valence-electron chi connectivity index (χ3n) is 2.33. The lowest BCUT2D eigenvalue weighted by molar-refractivity contribution is -0.137. The van der Waals surface area contributed by atoms with Crippen LogP contribution in [0, 0.1) is 0 Å². The Labute approximate surface area is 110 Å². The zero-order valence-corrected chi connectivity index (χ0v) is 11.4. The highest BCUT2D eigenvalue weighted by molar-refractivity contribution is 7.28. The van der Waals surface area contributed by atoms with Crippen LogP contribution in [0.3, 0.4) is 0 Å². The lowest BCUT2D eigenvalue weighted by Gasteiger charge is -2.06. The molecular formula is C12H11F3NS2+. The zero-order chi connectivity index (χ0) is 13.3. The summed E-state index contributed by atoms with van der Waals surface area (Å²) in [6.07, 6.45) is -4.27. The van der Waals surface area contributed by atoms with E-state index in [1.54, 1.807) is 22.7 Å². The molecule has 2 aromatic rings. The fourth-order valence-corrected chi connectivity index (χ4v) is 3.52. The first kappa shape index (κ1) is 13.3. The first-order valence-corrected chi connectivity index (χ1v) is 6.84. The normalized spacial score (nSPS) is 11.6. The lowest BCUT2D eigenvalue weighted by Crippen LogP contribution is -2.14. The van der Waals surface area contributed by atoms with Gasteiger partial charge >= 0.3 is 10.2 Å². The van der Waals surface area contributed by atoms with Gasteiger partial charge in [0.2, 0.25) is 0 Å². The molecule has 2 rings (SSSR count). The van der Waals surface area contributed by atoms with Crippen LogP contribution >= 0.6 is 22.7 Å². The number of hydrogen-bond donors (Lipinski definition) is 0. The Morgan fingerprint density at radius 1 is 1.06 bits per heavy atom. The van der Waals surface area contributed by atoms with Crippen LogP contribution in [0.4, 0.5) is 13.2 Å². The molecule has 6 heteroatoms. The fraction of sp³-hybridized carbons (Fsp3) is 0.250. The van der Waals surface area contributed by atoms with Gasteiger partial charge in [0.15, 0.2) is 0 Å². The van der Waals surface area contributed by atoms with E-state index in [0.717, 1.165) is 26.6 Å². The summed E-state index contributed by atoms with van der Waals surface area (Å²) in [6, 6.07) is 5.27. The molecule has 18 heavy (non-hydrogen) atoms. The first-order chi connectivity index (χ1) is 8.38. The second kappa shape index (κ2) is 4.85. The summed E-state index contributed by atoms with van der Waals surface area (Å²) in [4.78, 5) is 0.984. The van der Waals surface area contributed by atoms with Gasteiger partial charge in [0.1, 0.15) is 14.1 Å². The summed E-state index contributed by atoms with van der Waals surface area (Å²) >= 11 is 3.16. The van der Waals surface area contributed by atoms with Crippen molar-refractivity contribution in [3.8, 4) is 10.4 Å². The van der Waals surface area contributed by atoms with Gasteiger partial charge in [-0.1, -0.05) is 34.8 Å². The maximum atomic E-state index is 12.4. The molecule has 0 aliphatic rings. The van der Waals surface area contributed by atoms with Crippen molar-refractivity contribution in [3.63, 3.8) is 0 Å². The molecular weight excluding hydrogens is 279 g/mol. The number of nitrogens with zero attached hydrogens (tertiary/aromatic N) is 1. The van der Waals surface area contributed by atoms with E-state index in [9.17, 15) is 13.2 Å². The van der Waals surface area contributed by atoms with Gasteiger partial charge in [-0.3, -0.25) is 0 Å². The van der Waals surface area contributed by atoms with Gasteiger partial charge in [0.05, 0.1) is 10.4 Å². The Hall–Kier alpha value is -1.14.